The van der Waals surface area contributed by atoms with Crippen molar-refractivity contribution in [1.82, 2.24) is 4.31 Å². The van der Waals surface area contributed by atoms with Crippen LogP contribution in [0.1, 0.15) is 36.7 Å². The molecule has 120 valence electrons. The Morgan fingerprint density at radius 3 is 2.45 bits per heavy atom. The molecule has 22 heavy (non-hydrogen) atoms. The van der Waals surface area contributed by atoms with Gasteiger partial charge in [-0.1, -0.05) is 19.9 Å². The Morgan fingerprint density at radius 2 is 1.95 bits per heavy atom. The fourth-order valence-electron chi connectivity index (χ4n) is 1.96. The predicted molar refractivity (Wildman–Crippen MR) is 81.8 cm³/mol. The summed E-state index contributed by atoms with van der Waals surface area (Å²) < 4.78 is 31.4. The van der Waals surface area contributed by atoms with E-state index in [1.54, 1.807) is 32.9 Å². The highest BCUT2D eigenvalue weighted by Gasteiger charge is 2.25. The molecular formula is C15H20N2O4S. The molecule has 7 heteroatoms. The van der Waals surface area contributed by atoms with Crippen molar-refractivity contribution < 1.29 is 17.9 Å². The molecular weight excluding hydrogens is 304 g/mol. The van der Waals surface area contributed by atoms with Crippen LogP contribution in [0.25, 0.3) is 0 Å². The lowest BCUT2D eigenvalue weighted by atomic mass is 10.1. The zero-order valence-electron chi connectivity index (χ0n) is 13.2. The number of aryl methyl sites for hydroxylation is 1. The van der Waals surface area contributed by atoms with Crippen molar-refractivity contribution in [2.24, 2.45) is 0 Å². The van der Waals surface area contributed by atoms with E-state index in [2.05, 4.69) is 0 Å². The summed E-state index contributed by atoms with van der Waals surface area (Å²) in [4.78, 5) is 12.0. The van der Waals surface area contributed by atoms with Crippen molar-refractivity contribution in [1.29, 1.82) is 5.26 Å². The van der Waals surface area contributed by atoms with Gasteiger partial charge in [-0.25, -0.2) is 13.2 Å². The monoisotopic (exact) mass is 324 g/mol. The van der Waals surface area contributed by atoms with Crippen molar-refractivity contribution >= 4 is 16.0 Å². The zero-order chi connectivity index (χ0) is 16.9. The average molecular weight is 324 g/mol. The average Bonchev–Trinajstić information content (AvgIpc) is 2.48. The van der Waals surface area contributed by atoms with E-state index in [0.717, 1.165) is 0 Å². The number of sulfonamides is 1. The number of ether oxygens (including phenoxy) is 1. The van der Waals surface area contributed by atoms with Crippen LogP contribution < -0.4 is 0 Å². The predicted octanol–water partition coefficient (Wildman–Crippen LogP) is 2.09. The maximum absolute atomic E-state index is 12.6. The smallest absolute Gasteiger partial charge is 0.339 e. The molecule has 0 saturated carbocycles. The lowest BCUT2D eigenvalue weighted by molar-refractivity contribution is 0.0435. The topological polar surface area (TPSA) is 87.5 Å². The SMILES string of the molecule is CCN(CC)S(=O)(=O)c1cc(C(=O)O[C@H](C)C#N)ccc1C. The molecule has 1 aromatic rings. The normalized spacial score (nSPS) is 12.7. The second-order valence-corrected chi connectivity index (χ2v) is 6.65. The van der Waals surface area contributed by atoms with E-state index >= 15 is 0 Å². The molecule has 0 N–H and O–H groups in total. The summed E-state index contributed by atoms with van der Waals surface area (Å²) in [7, 11) is -3.66. The van der Waals surface area contributed by atoms with Gasteiger partial charge >= 0.3 is 5.97 Å². The Kier molecular flexibility index (Phi) is 6.09. The van der Waals surface area contributed by atoms with Crippen LogP contribution in [0.15, 0.2) is 23.1 Å². The van der Waals surface area contributed by atoms with Gasteiger partial charge in [0.15, 0.2) is 6.10 Å². The molecule has 0 saturated heterocycles. The van der Waals surface area contributed by atoms with Gasteiger partial charge in [-0.15, -0.1) is 0 Å². The van der Waals surface area contributed by atoms with Gasteiger partial charge in [0.05, 0.1) is 10.5 Å². The summed E-state index contributed by atoms with van der Waals surface area (Å²) in [5.41, 5.74) is 0.662. The van der Waals surface area contributed by atoms with Crippen molar-refractivity contribution in [3.05, 3.63) is 29.3 Å². The largest absolute Gasteiger partial charge is 0.444 e. The molecule has 0 aliphatic heterocycles. The van der Waals surface area contributed by atoms with E-state index in [1.165, 1.54) is 23.4 Å². The number of nitriles is 1. The van der Waals surface area contributed by atoms with Gasteiger partial charge in [0.25, 0.3) is 0 Å². The summed E-state index contributed by atoms with van der Waals surface area (Å²) in [6.45, 7) is 7.31. The first kappa shape index (κ1) is 18.1. The molecule has 0 unspecified atom stereocenters. The molecule has 0 amide bonds. The lowest BCUT2D eigenvalue weighted by Crippen LogP contribution is -2.31. The number of nitrogens with zero attached hydrogens (tertiary/aromatic N) is 2. The molecule has 1 aromatic carbocycles. The van der Waals surface area contributed by atoms with Gasteiger partial charge in [-0.3, -0.25) is 0 Å². The fraction of sp³-hybridized carbons (Fsp3) is 0.467. The number of benzene rings is 1. The van der Waals surface area contributed by atoms with Crippen LogP contribution in [0, 0.1) is 18.3 Å². The number of carbonyl (C=O) groups excluding carboxylic acids is 1. The maximum atomic E-state index is 12.6. The molecule has 0 aromatic heterocycles. The highest BCUT2D eigenvalue weighted by Crippen LogP contribution is 2.22. The molecule has 6 nitrogen and oxygen atoms in total. The Balaban J connectivity index is 3.26. The van der Waals surface area contributed by atoms with Gasteiger partial charge in [-0.05, 0) is 31.5 Å². The van der Waals surface area contributed by atoms with Crippen LogP contribution >= 0.6 is 0 Å². The van der Waals surface area contributed by atoms with Crippen LogP contribution in [-0.4, -0.2) is 37.9 Å². The molecule has 0 bridgehead atoms. The standard InChI is InChI=1S/C15H20N2O4S/c1-5-17(6-2)22(19,20)14-9-13(8-7-11(14)3)15(18)21-12(4)10-16/h7-9,12H,5-6H2,1-4H3/t12-/m1/s1. The third-order valence-corrected chi connectivity index (χ3v) is 5.40. The zero-order valence-corrected chi connectivity index (χ0v) is 14.0. The first-order valence-corrected chi connectivity index (χ1v) is 8.43. The number of hydrogen-bond acceptors (Lipinski definition) is 5. The minimum absolute atomic E-state index is 0.0789. The number of rotatable bonds is 6. The Labute approximate surface area is 131 Å². The second kappa shape index (κ2) is 7.38. The molecule has 1 rings (SSSR count). The van der Waals surface area contributed by atoms with Crippen LogP contribution in [0.3, 0.4) is 0 Å². The summed E-state index contributed by atoms with van der Waals surface area (Å²) >= 11 is 0. The summed E-state index contributed by atoms with van der Waals surface area (Å²) in [5.74, 6) is -0.718. The molecule has 0 aliphatic carbocycles. The van der Waals surface area contributed by atoms with E-state index in [0.29, 0.717) is 18.7 Å². The maximum Gasteiger partial charge on any atom is 0.339 e. The van der Waals surface area contributed by atoms with Gasteiger partial charge in [0.1, 0.15) is 6.07 Å². The number of carbonyl (C=O) groups is 1. The molecule has 0 radical (unpaired) electrons. The fourth-order valence-corrected chi connectivity index (χ4v) is 3.67. The van der Waals surface area contributed by atoms with Crippen LogP contribution in [0.2, 0.25) is 0 Å². The summed E-state index contributed by atoms with van der Waals surface area (Å²) in [6.07, 6.45) is -0.892. The quantitative estimate of drug-likeness (QED) is 0.748. The van der Waals surface area contributed by atoms with Gasteiger partial charge in [0.2, 0.25) is 10.0 Å². The van der Waals surface area contributed by atoms with Crippen LogP contribution in [-0.2, 0) is 14.8 Å². The molecule has 1 atom stereocenters. The number of esters is 1. The van der Waals surface area contributed by atoms with Crippen molar-refractivity contribution in [3.8, 4) is 6.07 Å². The Hall–Kier alpha value is -1.91. The van der Waals surface area contributed by atoms with Gasteiger partial charge in [0, 0.05) is 13.1 Å². The minimum Gasteiger partial charge on any atom is -0.444 e. The van der Waals surface area contributed by atoms with E-state index in [9.17, 15) is 13.2 Å². The van der Waals surface area contributed by atoms with Gasteiger partial charge < -0.3 is 4.74 Å². The lowest BCUT2D eigenvalue weighted by Gasteiger charge is -2.20. The molecule has 0 fully saturated rings. The van der Waals surface area contributed by atoms with Crippen LogP contribution in [0.5, 0.6) is 0 Å². The molecule has 0 heterocycles. The van der Waals surface area contributed by atoms with Crippen LogP contribution in [0.4, 0.5) is 0 Å². The van der Waals surface area contributed by atoms with E-state index in [-0.39, 0.29) is 10.5 Å². The van der Waals surface area contributed by atoms with E-state index in [1.807, 2.05) is 0 Å². The van der Waals surface area contributed by atoms with Crippen molar-refractivity contribution in [2.45, 2.75) is 38.7 Å². The summed E-state index contributed by atoms with van der Waals surface area (Å²) in [5, 5.41) is 8.67. The third kappa shape index (κ3) is 3.84. The van der Waals surface area contributed by atoms with E-state index in [4.69, 9.17) is 10.00 Å². The number of hydrogen-bond donors (Lipinski definition) is 0. The highest BCUT2D eigenvalue weighted by atomic mass is 32.2. The minimum atomic E-state index is -3.66. The first-order chi connectivity index (χ1) is 10.3. The third-order valence-electron chi connectivity index (χ3n) is 3.21. The van der Waals surface area contributed by atoms with Gasteiger partial charge in [-0.2, -0.15) is 9.57 Å². The summed E-state index contributed by atoms with van der Waals surface area (Å²) in [6, 6.07) is 6.14. The van der Waals surface area contributed by atoms with Crippen molar-refractivity contribution in [2.75, 3.05) is 13.1 Å². The molecule has 0 spiro atoms. The van der Waals surface area contributed by atoms with Crippen molar-refractivity contribution in [3.63, 3.8) is 0 Å². The first-order valence-electron chi connectivity index (χ1n) is 6.99. The highest BCUT2D eigenvalue weighted by molar-refractivity contribution is 7.89. The Bertz CT molecular complexity index is 688. The molecule has 0 aliphatic rings. The second-order valence-electron chi connectivity index (χ2n) is 4.75. The Morgan fingerprint density at radius 1 is 1.36 bits per heavy atom. The van der Waals surface area contributed by atoms with E-state index < -0.39 is 22.1 Å².